The summed E-state index contributed by atoms with van der Waals surface area (Å²) in [6, 6.07) is 1.01. The molecule has 3 heterocycles. The first-order valence-electron chi connectivity index (χ1n) is 8.59. The van der Waals surface area contributed by atoms with Crippen molar-refractivity contribution < 1.29 is 23.1 Å². The molecule has 142 valence electrons. The highest BCUT2D eigenvalue weighted by Crippen LogP contribution is 2.37. The Bertz CT molecular complexity index is 808. The first kappa shape index (κ1) is 18.5. The van der Waals surface area contributed by atoms with Gasteiger partial charge < -0.3 is 10.0 Å². The van der Waals surface area contributed by atoms with Crippen molar-refractivity contribution in [3.63, 3.8) is 0 Å². The van der Waals surface area contributed by atoms with Crippen molar-refractivity contribution >= 4 is 22.8 Å². The molecule has 1 aliphatic rings. The summed E-state index contributed by atoms with van der Waals surface area (Å²) in [7, 11) is 0. The van der Waals surface area contributed by atoms with E-state index in [1.54, 1.807) is 4.90 Å². The third-order valence-electron chi connectivity index (χ3n) is 4.73. The number of hydrogen-bond donors (Lipinski definition) is 1. The van der Waals surface area contributed by atoms with Gasteiger partial charge >= 0.3 is 12.1 Å². The van der Waals surface area contributed by atoms with Crippen molar-refractivity contribution in [2.45, 2.75) is 45.3 Å². The molecule has 3 rings (SSSR count). The van der Waals surface area contributed by atoms with Crippen LogP contribution in [0.5, 0.6) is 0 Å². The summed E-state index contributed by atoms with van der Waals surface area (Å²) in [5, 5.41) is 13.1. The van der Waals surface area contributed by atoms with Gasteiger partial charge in [-0.15, -0.1) is 0 Å². The first-order chi connectivity index (χ1) is 12.1. The van der Waals surface area contributed by atoms with Crippen molar-refractivity contribution in [3.05, 3.63) is 17.8 Å². The van der Waals surface area contributed by atoms with E-state index in [2.05, 4.69) is 10.1 Å². The molecule has 0 aromatic carbocycles. The molecular formula is C17H21F3N4O2. The van der Waals surface area contributed by atoms with Gasteiger partial charge in [-0.05, 0) is 38.7 Å². The van der Waals surface area contributed by atoms with Gasteiger partial charge in [0.05, 0.1) is 10.9 Å². The SMILES string of the molecule is CC(C)n1cc2c(C(F)(F)F)cc(N3CCC(CC(=O)O)CC3)nc2n1. The van der Waals surface area contributed by atoms with Crippen LogP contribution in [0.2, 0.25) is 0 Å². The maximum absolute atomic E-state index is 13.5. The molecule has 0 bridgehead atoms. The van der Waals surface area contributed by atoms with Crippen molar-refractivity contribution in [1.29, 1.82) is 0 Å². The van der Waals surface area contributed by atoms with E-state index >= 15 is 0 Å². The Morgan fingerprint density at radius 3 is 2.54 bits per heavy atom. The third kappa shape index (κ3) is 3.76. The summed E-state index contributed by atoms with van der Waals surface area (Å²) in [5.74, 6) is -0.552. The second kappa shape index (κ2) is 6.77. The third-order valence-corrected chi connectivity index (χ3v) is 4.73. The summed E-state index contributed by atoms with van der Waals surface area (Å²) in [6.07, 6.45) is -1.78. The van der Waals surface area contributed by atoms with Gasteiger partial charge in [0.25, 0.3) is 0 Å². The molecule has 1 saturated heterocycles. The maximum atomic E-state index is 13.5. The van der Waals surface area contributed by atoms with Crippen LogP contribution in [0.3, 0.4) is 0 Å². The largest absolute Gasteiger partial charge is 0.481 e. The molecule has 2 aromatic rings. The van der Waals surface area contributed by atoms with Gasteiger partial charge in [-0.25, -0.2) is 4.98 Å². The van der Waals surface area contributed by atoms with Crippen molar-refractivity contribution in [3.8, 4) is 0 Å². The van der Waals surface area contributed by atoms with Crippen LogP contribution >= 0.6 is 0 Å². The molecule has 1 aliphatic heterocycles. The number of carbonyl (C=O) groups is 1. The van der Waals surface area contributed by atoms with E-state index in [1.807, 2.05) is 13.8 Å². The van der Waals surface area contributed by atoms with Crippen LogP contribution in [0.15, 0.2) is 12.3 Å². The highest BCUT2D eigenvalue weighted by Gasteiger charge is 2.35. The second-order valence-electron chi connectivity index (χ2n) is 6.99. The zero-order chi connectivity index (χ0) is 19.1. The number of anilines is 1. The molecule has 9 heteroatoms. The summed E-state index contributed by atoms with van der Waals surface area (Å²) in [6.45, 7) is 4.65. The van der Waals surface area contributed by atoms with Gasteiger partial charge in [-0.2, -0.15) is 18.3 Å². The maximum Gasteiger partial charge on any atom is 0.417 e. The topological polar surface area (TPSA) is 71.2 Å². The summed E-state index contributed by atoms with van der Waals surface area (Å²) in [4.78, 5) is 16.9. The summed E-state index contributed by atoms with van der Waals surface area (Å²) >= 11 is 0. The van der Waals surface area contributed by atoms with E-state index in [-0.39, 0.29) is 35.2 Å². The molecule has 2 aromatic heterocycles. The molecule has 26 heavy (non-hydrogen) atoms. The van der Waals surface area contributed by atoms with Crippen LogP contribution in [0, 0.1) is 5.92 Å². The lowest BCUT2D eigenvalue weighted by atomic mass is 9.93. The van der Waals surface area contributed by atoms with E-state index in [0.29, 0.717) is 25.9 Å². The highest BCUT2D eigenvalue weighted by atomic mass is 19.4. The summed E-state index contributed by atoms with van der Waals surface area (Å²) in [5.41, 5.74) is -0.659. The molecule has 0 atom stereocenters. The number of alkyl halides is 3. The molecule has 0 radical (unpaired) electrons. The fourth-order valence-corrected chi connectivity index (χ4v) is 3.28. The van der Waals surface area contributed by atoms with Crippen molar-refractivity contribution in [2.75, 3.05) is 18.0 Å². The van der Waals surface area contributed by atoms with Gasteiger partial charge in [0, 0.05) is 31.7 Å². The van der Waals surface area contributed by atoms with Crippen LogP contribution in [-0.4, -0.2) is 38.9 Å². The summed E-state index contributed by atoms with van der Waals surface area (Å²) < 4.78 is 42.1. The van der Waals surface area contributed by atoms with Gasteiger partial charge in [0.2, 0.25) is 0 Å². The monoisotopic (exact) mass is 370 g/mol. The van der Waals surface area contributed by atoms with E-state index < -0.39 is 17.7 Å². The average Bonchev–Trinajstić information content (AvgIpc) is 2.97. The fraction of sp³-hybridized carbons (Fsp3) is 0.588. The van der Waals surface area contributed by atoms with Crippen molar-refractivity contribution in [2.24, 2.45) is 5.92 Å². The van der Waals surface area contributed by atoms with Crippen molar-refractivity contribution in [1.82, 2.24) is 14.8 Å². The van der Waals surface area contributed by atoms with Crippen LogP contribution in [0.25, 0.3) is 11.0 Å². The van der Waals surface area contributed by atoms with Gasteiger partial charge in [0.15, 0.2) is 5.65 Å². The number of carboxylic acids is 1. The molecule has 0 spiro atoms. The molecule has 0 saturated carbocycles. The molecule has 6 nitrogen and oxygen atoms in total. The number of halogens is 3. The smallest absolute Gasteiger partial charge is 0.417 e. The van der Waals surface area contributed by atoms with E-state index in [1.165, 1.54) is 10.9 Å². The molecule has 0 unspecified atom stereocenters. The minimum Gasteiger partial charge on any atom is -0.481 e. The quantitative estimate of drug-likeness (QED) is 0.888. The average molecular weight is 370 g/mol. The Kier molecular flexibility index (Phi) is 4.81. The predicted molar refractivity (Wildman–Crippen MR) is 90.1 cm³/mol. The molecule has 0 aliphatic carbocycles. The lowest BCUT2D eigenvalue weighted by Gasteiger charge is -2.32. The molecule has 0 amide bonds. The van der Waals surface area contributed by atoms with Gasteiger partial charge in [-0.1, -0.05) is 0 Å². The van der Waals surface area contributed by atoms with E-state index in [4.69, 9.17) is 5.11 Å². The Balaban J connectivity index is 1.93. The van der Waals surface area contributed by atoms with E-state index in [0.717, 1.165) is 6.07 Å². The fourth-order valence-electron chi connectivity index (χ4n) is 3.28. The number of aromatic nitrogens is 3. The number of hydrogen-bond acceptors (Lipinski definition) is 4. The number of fused-ring (bicyclic) bond motifs is 1. The van der Waals surface area contributed by atoms with Crippen LogP contribution in [0.4, 0.5) is 19.0 Å². The van der Waals surface area contributed by atoms with E-state index in [9.17, 15) is 18.0 Å². The van der Waals surface area contributed by atoms with Crippen LogP contribution < -0.4 is 4.90 Å². The lowest BCUT2D eigenvalue weighted by molar-refractivity contribution is -0.138. The minimum atomic E-state index is -4.50. The second-order valence-corrected chi connectivity index (χ2v) is 6.99. The Morgan fingerprint density at radius 1 is 1.35 bits per heavy atom. The molecule has 1 fully saturated rings. The normalized spacial score (nSPS) is 16.6. The number of carboxylic acid groups (broad SMARTS) is 1. The number of rotatable bonds is 4. The predicted octanol–water partition coefficient (Wildman–Crippen LogP) is 3.72. The van der Waals surface area contributed by atoms with Crippen LogP contribution in [-0.2, 0) is 11.0 Å². The Labute approximate surface area is 148 Å². The molecular weight excluding hydrogens is 349 g/mol. The zero-order valence-electron chi connectivity index (χ0n) is 14.6. The molecule has 1 N–H and O–H groups in total. The standard InChI is InChI=1S/C17H21F3N4O2/c1-10(2)24-9-12-13(17(18,19)20)8-14(21-16(12)22-24)23-5-3-11(4-6-23)7-15(25)26/h8-11H,3-7H2,1-2H3,(H,25,26). The zero-order valence-corrected chi connectivity index (χ0v) is 14.6. The number of piperidine rings is 1. The lowest BCUT2D eigenvalue weighted by Crippen LogP contribution is -2.35. The number of aliphatic carboxylic acids is 1. The Morgan fingerprint density at radius 2 is 2.00 bits per heavy atom. The Hall–Kier alpha value is -2.32. The van der Waals surface area contributed by atoms with Gasteiger partial charge in [0.1, 0.15) is 5.82 Å². The number of pyridine rings is 1. The first-order valence-corrected chi connectivity index (χ1v) is 8.59. The van der Waals surface area contributed by atoms with Crippen LogP contribution in [0.1, 0.15) is 44.7 Å². The van der Waals surface area contributed by atoms with Gasteiger partial charge in [-0.3, -0.25) is 9.48 Å². The number of nitrogens with zero attached hydrogens (tertiary/aromatic N) is 4. The highest BCUT2D eigenvalue weighted by molar-refractivity contribution is 5.81. The minimum absolute atomic E-state index is 0.00397.